The Morgan fingerprint density at radius 2 is 1.02 bits per heavy atom. The van der Waals surface area contributed by atoms with E-state index in [-0.39, 0.29) is 12.3 Å². The molecule has 0 aromatic carbocycles. The lowest BCUT2D eigenvalue weighted by Crippen LogP contribution is -2.39. The van der Waals surface area contributed by atoms with Crippen molar-refractivity contribution < 1.29 is 52.5 Å². The molecule has 0 radical (unpaired) electrons. The number of ether oxygens (including phenoxy) is 5. The second kappa shape index (κ2) is 27.6. The summed E-state index contributed by atoms with van der Waals surface area (Å²) in [5.41, 5.74) is -1.54. The summed E-state index contributed by atoms with van der Waals surface area (Å²) in [6.45, 7) is 9.63. The molecule has 0 unspecified atom stereocenters. The summed E-state index contributed by atoms with van der Waals surface area (Å²) in [6, 6.07) is 0. The molecule has 0 aromatic rings. The van der Waals surface area contributed by atoms with E-state index < -0.39 is 80.2 Å². The van der Waals surface area contributed by atoms with Crippen molar-refractivity contribution in [1.82, 2.24) is 16.0 Å². The van der Waals surface area contributed by atoms with Crippen LogP contribution in [0.5, 0.6) is 0 Å². The summed E-state index contributed by atoms with van der Waals surface area (Å²) in [6.07, 6.45) is 18.0. The molecule has 3 amide bonds. The minimum Gasteiger partial charge on any atom is -0.460 e. The molecule has 0 fully saturated rings. The van der Waals surface area contributed by atoms with Crippen molar-refractivity contribution in [2.75, 3.05) is 32.8 Å². The highest BCUT2D eigenvalue weighted by Crippen LogP contribution is 2.09. The van der Waals surface area contributed by atoms with E-state index in [2.05, 4.69) is 47.2 Å². The number of alkyl carbamates (subject to hydrolysis) is 2. The van der Waals surface area contributed by atoms with E-state index >= 15 is 0 Å². The van der Waals surface area contributed by atoms with Crippen LogP contribution in [0.25, 0.3) is 0 Å². The number of unbranched alkanes of at least 4 members (excludes halogenated alkanes) is 8. The van der Waals surface area contributed by atoms with Crippen molar-refractivity contribution in [2.45, 2.75) is 143 Å². The Morgan fingerprint density at radius 1 is 0.569 bits per heavy atom. The third-order valence-corrected chi connectivity index (χ3v) is 6.49. The van der Waals surface area contributed by atoms with Crippen LogP contribution in [-0.4, -0.2) is 86.2 Å². The molecule has 51 heavy (non-hydrogen) atoms. The second-order valence-corrected chi connectivity index (χ2v) is 13.9. The molecule has 0 heterocycles. The molecule has 14 heteroatoms. The van der Waals surface area contributed by atoms with Gasteiger partial charge in [-0.25, -0.2) is 9.59 Å². The van der Waals surface area contributed by atoms with Crippen molar-refractivity contribution in [2.24, 2.45) is 0 Å². The van der Waals surface area contributed by atoms with Crippen LogP contribution in [-0.2, 0) is 42.9 Å². The van der Waals surface area contributed by atoms with Gasteiger partial charge in [0.2, 0.25) is 5.91 Å². The molecule has 0 rings (SSSR count). The Hall–Kier alpha value is -4.10. The molecule has 0 aliphatic rings. The van der Waals surface area contributed by atoms with Gasteiger partial charge in [0.1, 0.15) is 44.1 Å². The van der Waals surface area contributed by atoms with Gasteiger partial charge >= 0.3 is 30.1 Å². The zero-order valence-corrected chi connectivity index (χ0v) is 31.9. The van der Waals surface area contributed by atoms with Gasteiger partial charge in [0, 0.05) is 6.42 Å². The number of hydrogen-bond donors (Lipinski definition) is 3. The maximum atomic E-state index is 12.5. The fourth-order valence-corrected chi connectivity index (χ4v) is 4.09. The largest absolute Gasteiger partial charge is 0.460 e. The number of amides is 3. The van der Waals surface area contributed by atoms with E-state index in [9.17, 15) is 28.8 Å². The van der Waals surface area contributed by atoms with E-state index in [4.69, 9.17) is 23.7 Å². The highest BCUT2D eigenvalue weighted by molar-refractivity contribution is 5.82. The zero-order valence-electron chi connectivity index (χ0n) is 31.9. The van der Waals surface area contributed by atoms with Gasteiger partial charge in [-0.15, -0.1) is 0 Å². The molecule has 0 aliphatic heterocycles. The lowest BCUT2D eigenvalue weighted by Gasteiger charge is -2.20. The number of rotatable bonds is 25. The van der Waals surface area contributed by atoms with Crippen molar-refractivity contribution in [3.8, 4) is 0 Å². The minimum absolute atomic E-state index is 0.256. The first kappa shape index (κ1) is 46.9. The van der Waals surface area contributed by atoms with E-state index in [1.165, 1.54) is 19.3 Å². The van der Waals surface area contributed by atoms with Crippen LogP contribution in [0.4, 0.5) is 9.59 Å². The van der Waals surface area contributed by atoms with Gasteiger partial charge in [0.15, 0.2) is 6.10 Å². The van der Waals surface area contributed by atoms with Gasteiger partial charge in [-0.2, -0.15) is 0 Å². The lowest BCUT2D eigenvalue weighted by atomic mass is 10.1. The van der Waals surface area contributed by atoms with Gasteiger partial charge in [-0.3, -0.25) is 19.2 Å². The third kappa shape index (κ3) is 32.8. The molecule has 3 N–H and O–H groups in total. The summed E-state index contributed by atoms with van der Waals surface area (Å²) >= 11 is 0. The van der Waals surface area contributed by atoms with Gasteiger partial charge in [-0.05, 0) is 80.1 Å². The van der Waals surface area contributed by atoms with Gasteiger partial charge in [0.05, 0.1) is 0 Å². The topological polar surface area (TPSA) is 185 Å². The van der Waals surface area contributed by atoms with Crippen LogP contribution >= 0.6 is 0 Å². The zero-order chi connectivity index (χ0) is 38.5. The molecule has 14 nitrogen and oxygen atoms in total. The number of carbonyl (C=O) groups excluding carboxylic acids is 6. The molecule has 0 atom stereocenters. The number of hydrogen-bond acceptors (Lipinski definition) is 11. The highest BCUT2D eigenvalue weighted by atomic mass is 16.6. The average Bonchev–Trinajstić information content (AvgIpc) is 3.03. The summed E-state index contributed by atoms with van der Waals surface area (Å²) < 4.78 is 25.5. The summed E-state index contributed by atoms with van der Waals surface area (Å²) in [4.78, 5) is 72.7. The fraction of sp³-hybridized carbons (Fsp3) is 0.730. The van der Waals surface area contributed by atoms with Crippen LogP contribution in [0.3, 0.4) is 0 Å². The standard InChI is InChI=1S/C37H63N3O11/c1-8-9-10-11-12-13-14-15-16-17-18-19-20-21-22-23-30(41)38-26-33(44)49-29(27-47-31(42)24-39-34(45)50-36(2,3)4)28-48-32(43)25-40-35(46)51-37(5,6)7/h12-13,15-16,29H,8-11,14,17-28H2,1-7H3,(H,38,41)(H,39,45)(H,40,46)/b13-12-,16-15-. The number of allylic oxidation sites excluding steroid dienone is 4. The summed E-state index contributed by atoms with van der Waals surface area (Å²) in [5.74, 6) is -2.90. The van der Waals surface area contributed by atoms with Crippen molar-refractivity contribution in [1.29, 1.82) is 0 Å². The van der Waals surface area contributed by atoms with Crippen LogP contribution < -0.4 is 16.0 Å². The maximum absolute atomic E-state index is 12.5. The molecule has 0 aromatic heterocycles. The first-order chi connectivity index (χ1) is 24.0. The Labute approximate surface area is 304 Å². The predicted octanol–water partition coefficient (Wildman–Crippen LogP) is 5.96. The molecule has 0 saturated heterocycles. The maximum Gasteiger partial charge on any atom is 0.408 e. The van der Waals surface area contributed by atoms with Crippen molar-refractivity contribution >= 4 is 36.0 Å². The number of carbonyl (C=O) groups is 6. The van der Waals surface area contributed by atoms with Crippen LogP contribution in [0.15, 0.2) is 24.3 Å². The predicted molar refractivity (Wildman–Crippen MR) is 193 cm³/mol. The van der Waals surface area contributed by atoms with E-state index in [0.29, 0.717) is 6.42 Å². The molecular formula is C37H63N3O11. The minimum atomic E-state index is -1.24. The lowest BCUT2D eigenvalue weighted by molar-refractivity contribution is -0.165. The first-order valence-corrected chi connectivity index (χ1v) is 18.0. The Kier molecular flexibility index (Phi) is 25.4. The molecule has 0 aliphatic carbocycles. The number of esters is 3. The van der Waals surface area contributed by atoms with Crippen LogP contribution in [0.2, 0.25) is 0 Å². The third-order valence-electron chi connectivity index (χ3n) is 6.49. The fourth-order valence-electron chi connectivity index (χ4n) is 4.09. The SMILES string of the molecule is CCCCC/C=C\C/C=C\CCCCCCCC(=O)NCC(=O)OC(COC(=O)CNC(=O)OC(C)(C)C)COC(=O)CNC(=O)OC(C)(C)C. The van der Waals surface area contributed by atoms with E-state index in [0.717, 1.165) is 44.9 Å². The van der Waals surface area contributed by atoms with E-state index in [1.807, 2.05) is 0 Å². The van der Waals surface area contributed by atoms with Gasteiger partial charge < -0.3 is 39.6 Å². The molecule has 0 spiro atoms. The quantitative estimate of drug-likeness (QED) is 0.0436. The Balaban J connectivity index is 4.57. The molecular weight excluding hydrogens is 662 g/mol. The second-order valence-electron chi connectivity index (χ2n) is 13.9. The Bertz CT molecular complexity index is 1060. The summed E-state index contributed by atoms with van der Waals surface area (Å²) in [7, 11) is 0. The average molecular weight is 726 g/mol. The van der Waals surface area contributed by atoms with Crippen molar-refractivity contribution in [3.05, 3.63) is 24.3 Å². The first-order valence-electron chi connectivity index (χ1n) is 18.0. The number of nitrogens with one attached hydrogen (secondary N) is 3. The molecule has 0 bridgehead atoms. The van der Waals surface area contributed by atoms with Gasteiger partial charge in [-0.1, -0.05) is 63.3 Å². The normalized spacial score (nSPS) is 11.7. The van der Waals surface area contributed by atoms with E-state index in [1.54, 1.807) is 41.5 Å². The molecule has 292 valence electrons. The molecule has 0 saturated carbocycles. The smallest absolute Gasteiger partial charge is 0.408 e. The van der Waals surface area contributed by atoms with Crippen molar-refractivity contribution in [3.63, 3.8) is 0 Å². The summed E-state index contributed by atoms with van der Waals surface area (Å²) in [5, 5.41) is 6.99. The van der Waals surface area contributed by atoms with Crippen LogP contribution in [0, 0.1) is 0 Å². The van der Waals surface area contributed by atoms with Crippen LogP contribution in [0.1, 0.15) is 126 Å². The monoisotopic (exact) mass is 725 g/mol. The highest BCUT2D eigenvalue weighted by Gasteiger charge is 2.22. The Morgan fingerprint density at radius 3 is 1.51 bits per heavy atom. The van der Waals surface area contributed by atoms with Gasteiger partial charge in [0.25, 0.3) is 0 Å².